The third-order valence-electron chi connectivity index (χ3n) is 4.75. The summed E-state index contributed by atoms with van der Waals surface area (Å²) in [6.07, 6.45) is 7.91. The highest BCUT2D eigenvalue weighted by molar-refractivity contribution is 5.33. The molecular weight excluding hydrogens is 280 g/mol. The maximum atomic E-state index is 5.93. The number of hydrogen-bond acceptors (Lipinski definition) is 1. The van der Waals surface area contributed by atoms with Gasteiger partial charge in [0.05, 0.1) is 0 Å². The predicted molar refractivity (Wildman–Crippen MR) is 96.7 cm³/mol. The molecule has 1 saturated heterocycles. The predicted octanol–water partition coefficient (Wildman–Crippen LogP) is 6.18. The molecule has 1 aliphatic rings. The van der Waals surface area contributed by atoms with Crippen LogP contribution in [0, 0.1) is 0 Å². The summed E-state index contributed by atoms with van der Waals surface area (Å²) < 4.78 is 5.93. The number of rotatable bonds is 8. The summed E-state index contributed by atoms with van der Waals surface area (Å²) in [6, 6.07) is 18.0. The highest BCUT2D eigenvalue weighted by Gasteiger charge is 2.41. The first-order valence-corrected chi connectivity index (χ1v) is 9.15. The van der Waals surface area contributed by atoms with E-state index in [2.05, 4.69) is 62.4 Å². The lowest BCUT2D eigenvalue weighted by atomic mass is 10.00. The lowest BCUT2D eigenvalue weighted by molar-refractivity contribution is 0.377. The summed E-state index contributed by atoms with van der Waals surface area (Å²) in [6.45, 7) is 4.48. The van der Waals surface area contributed by atoms with Crippen molar-refractivity contribution in [3.8, 4) is 0 Å². The third kappa shape index (κ3) is 4.23. The van der Waals surface area contributed by atoms with Gasteiger partial charge in [-0.3, -0.25) is 0 Å². The monoisotopic (exact) mass is 308 g/mol. The average molecular weight is 308 g/mol. The largest absolute Gasteiger partial charge is 0.359 e. The van der Waals surface area contributed by atoms with Crippen LogP contribution >= 0.6 is 0 Å². The van der Waals surface area contributed by atoms with Gasteiger partial charge < -0.3 is 4.74 Å². The molecular formula is C22H28O. The van der Waals surface area contributed by atoms with Crippen molar-refractivity contribution in [2.24, 2.45) is 0 Å². The van der Waals surface area contributed by atoms with Crippen molar-refractivity contribution in [1.29, 1.82) is 0 Å². The Morgan fingerprint density at radius 2 is 1.04 bits per heavy atom. The number of ether oxygens (including phenoxy) is 1. The number of benzene rings is 2. The topological polar surface area (TPSA) is 12.5 Å². The second kappa shape index (κ2) is 7.79. The number of hydrogen-bond donors (Lipinski definition) is 0. The molecule has 0 aromatic heterocycles. The van der Waals surface area contributed by atoms with E-state index >= 15 is 0 Å². The molecule has 23 heavy (non-hydrogen) atoms. The zero-order valence-electron chi connectivity index (χ0n) is 14.4. The Labute approximate surface area is 140 Å². The van der Waals surface area contributed by atoms with Crippen molar-refractivity contribution >= 4 is 0 Å². The third-order valence-corrected chi connectivity index (χ3v) is 4.75. The average Bonchev–Trinajstić information content (AvgIpc) is 3.40. The van der Waals surface area contributed by atoms with Gasteiger partial charge in [0.2, 0.25) is 0 Å². The van der Waals surface area contributed by atoms with Crippen molar-refractivity contribution in [3.63, 3.8) is 0 Å². The maximum Gasteiger partial charge on any atom is 0.114 e. The van der Waals surface area contributed by atoms with E-state index in [1.807, 2.05) is 0 Å². The molecule has 0 aliphatic carbocycles. The van der Waals surface area contributed by atoms with Crippen LogP contribution in [0.5, 0.6) is 0 Å². The number of aryl methyl sites for hydroxylation is 2. The van der Waals surface area contributed by atoms with Crippen LogP contribution in [0.1, 0.15) is 74.0 Å². The molecule has 1 heteroatoms. The van der Waals surface area contributed by atoms with Crippen molar-refractivity contribution in [3.05, 3.63) is 70.8 Å². The minimum Gasteiger partial charge on any atom is -0.359 e. The van der Waals surface area contributed by atoms with Gasteiger partial charge in [-0.15, -0.1) is 0 Å². The number of unbranched alkanes of at least 4 members (excludes halogenated alkanes) is 2. The Balaban J connectivity index is 1.58. The molecule has 2 atom stereocenters. The molecule has 1 nitrogen and oxygen atoms in total. The minimum absolute atomic E-state index is 0.247. The minimum atomic E-state index is 0.247. The fraction of sp³-hybridized carbons (Fsp3) is 0.455. The van der Waals surface area contributed by atoms with Crippen LogP contribution in [0.3, 0.4) is 0 Å². The molecule has 0 radical (unpaired) electrons. The van der Waals surface area contributed by atoms with Crippen LogP contribution in [-0.4, -0.2) is 0 Å². The summed E-state index contributed by atoms with van der Waals surface area (Å²) in [5.74, 6) is 0. The molecule has 0 amide bonds. The summed E-state index contributed by atoms with van der Waals surface area (Å²) in [4.78, 5) is 0. The van der Waals surface area contributed by atoms with E-state index in [0.29, 0.717) is 0 Å². The zero-order chi connectivity index (χ0) is 16.1. The zero-order valence-corrected chi connectivity index (χ0v) is 14.4. The SMILES string of the molecule is CCCCc1ccc([C@H]2O[C@H]2c2ccc(CCCC)cc2)cc1. The second-order valence-corrected chi connectivity index (χ2v) is 6.67. The van der Waals surface area contributed by atoms with E-state index in [1.54, 1.807) is 0 Å². The van der Waals surface area contributed by atoms with Gasteiger partial charge in [0, 0.05) is 0 Å². The summed E-state index contributed by atoms with van der Waals surface area (Å²) in [7, 11) is 0. The van der Waals surface area contributed by atoms with E-state index in [1.165, 1.54) is 60.8 Å². The fourth-order valence-electron chi connectivity index (χ4n) is 3.13. The molecule has 0 saturated carbocycles. The van der Waals surface area contributed by atoms with Gasteiger partial charge in [0.1, 0.15) is 12.2 Å². The molecule has 2 aromatic rings. The highest BCUT2D eigenvalue weighted by Crippen LogP contribution is 2.50. The Bertz CT molecular complexity index is 541. The van der Waals surface area contributed by atoms with E-state index in [0.717, 1.165) is 0 Å². The Kier molecular flexibility index (Phi) is 5.51. The Hall–Kier alpha value is -1.60. The first-order valence-electron chi connectivity index (χ1n) is 9.15. The van der Waals surface area contributed by atoms with Gasteiger partial charge >= 0.3 is 0 Å². The van der Waals surface area contributed by atoms with Gasteiger partial charge in [-0.1, -0.05) is 75.2 Å². The lowest BCUT2D eigenvalue weighted by Gasteiger charge is -2.03. The van der Waals surface area contributed by atoms with Crippen molar-refractivity contribution < 1.29 is 4.74 Å². The molecule has 122 valence electrons. The van der Waals surface area contributed by atoms with E-state index < -0.39 is 0 Å². The quantitative estimate of drug-likeness (QED) is 0.530. The highest BCUT2D eigenvalue weighted by atomic mass is 16.6. The van der Waals surface area contributed by atoms with Crippen molar-refractivity contribution in [2.75, 3.05) is 0 Å². The summed E-state index contributed by atoms with van der Waals surface area (Å²) >= 11 is 0. The molecule has 3 rings (SSSR count). The van der Waals surface area contributed by atoms with Crippen molar-refractivity contribution in [1.82, 2.24) is 0 Å². The summed E-state index contributed by atoms with van der Waals surface area (Å²) in [5.41, 5.74) is 5.50. The normalized spacial score (nSPS) is 19.7. The first kappa shape index (κ1) is 16.3. The summed E-state index contributed by atoms with van der Waals surface area (Å²) in [5, 5.41) is 0. The van der Waals surface area contributed by atoms with Gasteiger partial charge in [-0.05, 0) is 47.9 Å². The smallest absolute Gasteiger partial charge is 0.114 e. The van der Waals surface area contributed by atoms with Crippen LogP contribution in [0.4, 0.5) is 0 Å². The van der Waals surface area contributed by atoms with Gasteiger partial charge in [0.25, 0.3) is 0 Å². The van der Waals surface area contributed by atoms with Gasteiger partial charge in [-0.25, -0.2) is 0 Å². The molecule has 1 aliphatic heterocycles. The van der Waals surface area contributed by atoms with E-state index in [9.17, 15) is 0 Å². The molecule has 0 spiro atoms. The molecule has 2 aromatic carbocycles. The Morgan fingerprint density at radius 3 is 1.39 bits per heavy atom. The van der Waals surface area contributed by atoms with E-state index in [4.69, 9.17) is 4.74 Å². The molecule has 0 unspecified atom stereocenters. The lowest BCUT2D eigenvalue weighted by Crippen LogP contribution is -1.89. The van der Waals surface area contributed by atoms with Crippen LogP contribution < -0.4 is 0 Å². The van der Waals surface area contributed by atoms with E-state index in [-0.39, 0.29) is 12.2 Å². The van der Waals surface area contributed by atoms with Crippen LogP contribution in [0.25, 0.3) is 0 Å². The van der Waals surface area contributed by atoms with Crippen molar-refractivity contribution in [2.45, 2.75) is 64.6 Å². The molecule has 1 heterocycles. The molecule has 0 N–H and O–H groups in total. The van der Waals surface area contributed by atoms with Crippen LogP contribution in [-0.2, 0) is 17.6 Å². The Morgan fingerprint density at radius 1 is 0.652 bits per heavy atom. The second-order valence-electron chi connectivity index (χ2n) is 6.67. The number of epoxide rings is 1. The molecule has 1 fully saturated rings. The maximum absolute atomic E-state index is 5.93. The molecule has 0 bridgehead atoms. The van der Waals surface area contributed by atoms with Crippen LogP contribution in [0.15, 0.2) is 48.5 Å². The first-order chi connectivity index (χ1) is 11.3. The standard InChI is InChI=1S/C22H28O/c1-3-5-7-17-9-13-19(14-10-17)21-22(23-21)20-15-11-18(12-16-20)8-6-4-2/h9-16,21-22H,3-8H2,1-2H3/t21-,22+. The van der Waals surface area contributed by atoms with Crippen LogP contribution in [0.2, 0.25) is 0 Å². The fourth-order valence-corrected chi connectivity index (χ4v) is 3.13. The van der Waals surface area contributed by atoms with Gasteiger partial charge in [-0.2, -0.15) is 0 Å². The van der Waals surface area contributed by atoms with Gasteiger partial charge in [0.15, 0.2) is 0 Å².